The Balaban J connectivity index is 1.81. The molecule has 0 aliphatic heterocycles. The number of halogens is 2. The molecule has 1 aromatic carbocycles. The molecule has 1 aromatic heterocycles. The van der Waals surface area contributed by atoms with Crippen molar-refractivity contribution in [3.63, 3.8) is 0 Å². The van der Waals surface area contributed by atoms with Crippen LogP contribution in [0.3, 0.4) is 0 Å². The van der Waals surface area contributed by atoms with E-state index >= 15 is 0 Å². The fourth-order valence-corrected chi connectivity index (χ4v) is 1.80. The Labute approximate surface area is 121 Å². The Morgan fingerprint density at radius 1 is 1.33 bits per heavy atom. The summed E-state index contributed by atoms with van der Waals surface area (Å²) in [5.74, 6) is -0.392. The van der Waals surface area contributed by atoms with Crippen LogP contribution in [0.4, 0.5) is 8.78 Å². The van der Waals surface area contributed by atoms with E-state index in [0.29, 0.717) is 19.0 Å². The summed E-state index contributed by atoms with van der Waals surface area (Å²) in [6.45, 7) is 1.46. The number of aliphatic imine (C=N–C) groups is 1. The van der Waals surface area contributed by atoms with E-state index in [2.05, 4.69) is 20.7 Å². The highest BCUT2D eigenvalue weighted by Crippen LogP contribution is 2.08. The summed E-state index contributed by atoms with van der Waals surface area (Å²) >= 11 is 0. The predicted octanol–water partition coefficient (Wildman–Crippen LogP) is 1.53. The van der Waals surface area contributed by atoms with Crippen LogP contribution in [0.5, 0.6) is 0 Å². The molecule has 0 fully saturated rings. The van der Waals surface area contributed by atoms with Crippen LogP contribution in [-0.2, 0) is 13.1 Å². The second-order valence-electron chi connectivity index (χ2n) is 4.36. The Morgan fingerprint density at radius 2 is 2.19 bits per heavy atom. The Hall–Kier alpha value is -2.44. The van der Waals surface area contributed by atoms with Crippen LogP contribution in [0.1, 0.15) is 5.56 Å². The molecule has 0 saturated heterocycles. The molecule has 112 valence electrons. The van der Waals surface area contributed by atoms with Gasteiger partial charge in [0.05, 0.1) is 6.54 Å². The molecular formula is C14H17F2N5. The molecule has 5 nitrogen and oxygen atoms in total. The van der Waals surface area contributed by atoms with E-state index in [9.17, 15) is 8.78 Å². The minimum atomic E-state index is -0.463. The van der Waals surface area contributed by atoms with Crippen LogP contribution in [0.25, 0.3) is 0 Å². The van der Waals surface area contributed by atoms with Gasteiger partial charge in [0.25, 0.3) is 0 Å². The average molecular weight is 293 g/mol. The van der Waals surface area contributed by atoms with Gasteiger partial charge in [0.15, 0.2) is 5.96 Å². The minimum absolute atomic E-state index is 0.158. The predicted molar refractivity (Wildman–Crippen MR) is 76.8 cm³/mol. The molecule has 0 radical (unpaired) electrons. The van der Waals surface area contributed by atoms with Gasteiger partial charge in [-0.1, -0.05) is 0 Å². The lowest BCUT2D eigenvalue weighted by Gasteiger charge is -2.12. The first-order valence-electron chi connectivity index (χ1n) is 6.55. The summed E-state index contributed by atoms with van der Waals surface area (Å²) in [4.78, 5) is 4.02. The van der Waals surface area contributed by atoms with Crippen molar-refractivity contribution >= 4 is 5.96 Å². The maximum Gasteiger partial charge on any atom is 0.191 e. The van der Waals surface area contributed by atoms with Crippen molar-refractivity contribution < 1.29 is 8.78 Å². The monoisotopic (exact) mass is 293 g/mol. The average Bonchev–Trinajstić information content (AvgIpc) is 2.99. The molecule has 2 rings (SSSR count). The molecule has 2 N–H and O–H groups in total. The van der Waals surface area contributed by atoms with Gasteiger partial charge in [-0.05, 0) is 24.3 Å². The molecule has 0 saturated carbocycles. The van der Waals surface area contributed by atoms with E-state index in [1.54, 1.807) is 17.9 Å². The molecule has 0 atom stereocenters. The third kappa shape index (κ3) is 4.55. The lowest BCUT2D eigenvalue weighted by molar-refractivity contribution is 0.578. The molecule has 0 spiro atoms. The summed E-state index contributed by atoms with van der Waals surface area (Å²) in [6.07, 6.45) is 3.57. The third-order valence-corrected chi connectivity index (χ3v) is 2.87. The first kappa shape index (κ1) is 15.0. The molecule has 0 unspecified atom stereocenters. The lowest BCUT2D eigenvalue weighted by Crippen LogP contribution is -2.38. The first-order chi connectivity index (χ1) is 10.2. The smallest absolute Gasteiger partial charge is 0.191 e. The number of hydrogen-bond acceptors (Lipinski definition) is 2. The van der Waals surface area contributed by atoms with Gasteiger partial charge in [-0.2, -0.15) is 5.10 Å². The van der Waals surface area contributed by atoms with Crippen molar-refractivity contribution in [3.8, 4) is 0 Å². The van der Waals surface area contributed by atoms with E-state index < -0.39 is 11.6 Å². The van der Waals surface area contributed by atoms with Gasteiger partial charge in [-0.3, -0.25) is 9.67 Å². The number of nitrogens with zero attached hydrogens (tertiary/aromatic N) is 3. The van der Waals surface area contributed by atoms with Gasteiger partial charge < -0.3 is 10.6 Å². The molecule has 0 aliphatic carbocycles. The summed E-state index contributed by atoms with van der Waals surface area (Å²) < 4.78 is 28.3. The number of rotatable bonds is 5. The van der Waals surface area contributed by atoms with Crippen molar-refractivity contribution in [1.82, 2.24) is 20.4 Å². The molecule has 1 heterocycles. The van der Waals surface area contributed by atoms with Crippen molar-refractivity contribution in [2.45, 2.75) is 13.1 Å². The van der Waals surface area contributed by atoms with Gasteiger partial charge in [-0.15, -0.1) is 0 Å². The number of aromatic nitrogens is 2. The van der Waals surface area contributed by atoms with Crippen LogP contribution in [0.15, 0.2) is 41.7 Å². The largest absolute Gasteiger partial charge is 0.355 e. The highest BCUT2D eigenvalue weighted by molar-refractivity contribution is 5.79. The highest BCUT2D eigenvalue weighted by atomic mass is 19.1. The molecule has 0 aliphatic rings. The van der Waals surface area contributed by atoms with Crippen LogP contribution >= 0.6 is 0 Å². The Morgan fingerprint density at radius 3 is 2.90 bits per heavy atom. The van der Waals surface area contributed by atoms with Gasteiger partial charge in [-0.25, -0.2) is 8.78 Å². The first-order valence-corrected chi connectivity index (χ1v) is 6.55. The van der Waals surface area contributed by atoms with Crippen LogP contribution < -0.4 is 10.6 Å². The summed E-state index contributed by atoms with van der Waals surface area (Å²) in [7, 11) is 1.62. The van der Waals surface area contributed by atoms with Gasteiger partial charge in [0.1, 0.15) is 11.6 Å². The maximum absolute atomic E-state index is 13.5. The second-order valence-corrected chi connectivity index (χ2v) is 4.36. The quantitative estimate of drug-likeness (QED) is 0.649. The minimum Gasteiger partial charge on any atom is -0.355 e. The molecule has 21 heavy (non-hydrogen) atoms. The fourth-order valence-electron chi connectivity index (χ4n) is 1.80. The SMILES string of the molecule is CN=C(NCCn1cccn1)NCc1cc(F)ccc1F. The maximum atomic E-state index is 13.5. The number of benzene rings is 1. The summed E-state index contributed by atoms with van der Waals surface area (Å²) in [6, 6.07) is 5.22. The number of guanidine groups is 1. The van der Waals surface area contributed by atoms with Crippen LogP contribution in [0, 0.1) is 11.6 Å². The standard InChI is InChI=1S/C14H17F2N5/c1-17-14(18-6-8-21-7-2-5-20-21)19-10-11-9-12(15)3-4-13(11)16/h2-5,7,9H,6,8,10H2,1H3,(H2,17,18,19). The highest BCUT2D eigenvalue weighted by Gasteiger charge is 2.05. The van der Waals surface area contributed by atoms with Gasteiger partial charge in [0.2, 0.25) is 0 Å². The third-order valence-electron chi connectivity index (χ3n) is 2.87. The zero-order valence-electron chi connectivity index (χ0n) is 11.7. The van der Waals surface area contributed by atoms with E-state index in [4.69, 9.17) is 0 Å². The Kier molecular flexibility index (Phi) is 5.25. The topological polar surface area (TPSA) is 54.2 Å². The van der Waals surface area contributed by atoms with Crippen molar-refractivity contribution in [2.24, 2.45) is 4.99 Å². The van der Waals surface area contributed by atoms with Crippen LogP contribution in [0.2, 0.25) is 0 Å². The molecule has 7 heteroatoms. The molecular weight excluding hydrogens is 276 g/mol. The van der Waals surface area contributed by atoms with E-state index in [1.807, 2.05) is 12.3 Å². The molecule has 2 aromatic rings. The van der Waals surface area contributed by atoms with Crippen molar-refractivity contribution in [3.05, 3.63) is 53.9 Å². The van der Waals surface area contributed by atoms with Crippen molar-refractivity contribution in [2.75, 3.05) is 13.6 Å². The zero-order chi connectivity index (χ0) is 15.1. The fraction of sp³-hybridized carbons (Fsp3) is 0.286. The van der Waals surface area contributed by atoms with Gasteiger partial charge in [0, 0.05) is 38.1 Å². The van der Waals surface area contributed by atoms with E-state index in [-0.39, 0.29) is 12.1 Å². The van der Waals surface area contributed by atoms with Crippen LogP contribution in [-0.4, -0.2) is 29.3 Å². The number of nitrogens with one attached hydrogen (secondary N) is 2. The lowest BCUT2D eigenvalue weighted by atomic mass is 10.2. The van der Waals surface area contributed by atoms with Crippen molar-refractivity contribution in [1.29, 1.82) is 0 Å². The van der Waals surface area contributed by atoms with Gasteiger partial charge >= 0.3 is 0 Å². The summed E-state index contributed by atoms with van der Waals surface area (Å²) in [5.41, 5.74) is 0.255. The van der Waals surface area contributed by atoms with E-state index in [0.717, 1.165) is 12.1 Å². The van der Waals surface area contributed by atoms with E-state index in [1.165, 1.54) is 6.07 Å². The summed E-state index contributed by atoms with van der Waals surface area (Å²) in [5, 5.41) is 10.1. The zero-order valence-corrected chi connectivity index (χ0v) is 11.7. The second kappa shape index (κ2) is 7.37. The number of hydrogen-bond donors (Lipinski definition) is 2. The Bertz CT molecular complexity index is 595. The normalized spacial score (nSPS) is 11.5. The molecule has 0 bridgehead atoms. The molecule has 0 amide bonds.